The molecule has 0 fully saturated rings. The first-order valence-electron chi connectivity index (χ1n) is 6.75. The van der Waals surface area contributed by atoms with Crippen LogP contribution in [0.4, 0.5) is 0 Å². The van der Waals surface area contributed by atoms with Gasteiger partial charge in [-0.15, -0.1) is 11.8 Å². The Morgan fingerprint density at radius 2 is 2.04 bits per heavy atom. The minimum Gasteiger partial charge on any atom is -0.481 e. The van der Waals surface area contributed by atoms with Gasteiger partial charge in [-0.1, -0.05) is 35.5 Å². The van der Waals surface area contributed by atoms with Crippen LogP contribution in [-0.4, -0.2) is 33.1 Å². The first-order valence-corrected chi connectivity index (χ1v) is 9.34. The Kier molecular flexibility index (Phi) is 4.84. The first kappa shape index (κ1) is 16.2. The van der Waals surface area contributed by atoms with E-state index in [0.29, 0.717) is 10.2 Å². The number of thioether (sulfide) groups is 2. The van der Waals surface area contributed by atoms with Crippen LogP contribution in [0.25, 0.3) is 22.2 Å². The molecule has 0 unspecified atom stereocenters. The van der Waals surface area contributed by atoms with Crippen LogP contribution < -0.4 is 0 Å². The molecule has 1 aromatic heterocycles. The molecule has 0 spiro atoms. The van der Waals surface area contributed by atoms with Crippen LogP contribution in [0.3, 0.4) is 0 Å². The molecular formula is C16H13ClN2O2S2. The Hall–Kier alpha value is -1.63. The summed E-state index contributed by atoms with van der Waals surface area (Å²) in [5.74, 6) is -0.903. The number of aromatic nitrogens is 2. The van der Waals surface area contributed by atoms with Crippen molar-refractivity contribution in [1.82, 2.24) is 9.97 Å². The maximum absolute atomic E-state index is 10.6. The molecule has 23 heavy (non-hydrogen) atoms. The van der Waals surface area contributed by atoms with Crippen molar-refractivity contribution < 1.29 is 9.90 Å². The van der Waals surface area contributed by atoms with Crippen LogP contribution in [0.5, 0.6) is 0 Å². The molecule has 4 nitrogen and oxygen atoms in total. The van der Waals surface area contributed by atoms with Gasteiger partial charge in [0.1, 0.15) is 0 Å². The Morgan fingerprint density at radius 1 is 1.30 bits per heavy atom. The van der Waals surface area contributed by atoms with E-state index in [-0.39, 0.29) is 5.75 Å². The van der Waals surface area contributed by atoms with Gasteiger partial charge in [-0.05, 0) is 36.1 Å². The van der Waals surface area contributed by atoms with E-state index in [4.69, 9.17) is 16.7 Å². The van der Waals surface area contributed by atoms with Crippen molar-refractivity contribution >= 4 is 52.1 Å². The molecular weight excluding hydrogens is 352 g/mol. The summed E-state index contributed by atoms with van der Waals surface area (Å²) in [6, 6.07) is 11.9. The van der Waals surface area contributed by atoms with Crippen molar-refractivity contribution in [2.24, 2.45) is 0 Å². The van der Waals surface area contributed by atoms with Crippen molar-refractivity contribution in [1.29, 1.82) is 0 Å². The molecule has 3 aromatic rings. The van der Waals surface area contributed by atoms with E-state index >= 15 is 0 Å². The molecule has 0 aliphatic carbocycles. The quantitative estimate of drug-likeness (QED) is 0.637. The Balaban J connectivity index is 1.97. The van der Waals surface area contributed by atoms with Gasteiger partial charge in [0, 0.05) is 10.5 Å². The number of rotatable bonds is 5. The van der Waals surface area contributed by atoms with Crippen LogP contribution in [0.15, 0.2) is 46.5 Å². The van der Waals surface area contributed by atoms with Gasteiger partial charge in [0.25, 0.3) is 0 Å². The van der Waals surface area contributed by atoms with E-state index in [0.717, 1.165) is 33.9 Å². The zero-order chi connectivity index (χ0) is 16.4. The van der Waals surface area contributed by atoms with Crippen molar-refractivity contribution in [2.75, 3.05) is 12.0 Å². The third kappa shape index (κ3) is 3.65. The summed E-state index contributed by atoms with van der Waals surface area (Å²) < 4.78 is 0. The highest BCUT2D eigenvalue weighted by Gasteiger charge is 2.11. The van der Waals surface area contributed by atoms with Crippen LogP contribution in [-0.2, 0) is 4.79 Å². The van der Waals surface area contributed by atoms with E-state index in [2.05, 4.69) is 22.1 Å². The number of aliphatic carboxylic acids is 1. The van der Waals surface area contributed by atoms with Crippen LogP contribution in [0, 0.1) is 0 Å². The number of H-pyrrole nitrogens is 1. The largest absolute Gasteiger partial charge is 0.481 e. The number of carbonyl (C=O) groups is 1. The lowest BCUT2D eigenvalue weighted by Gasteiger charge is -2.05. The highest BCUT2D eigenvalue weighted by atomic mass is 35.5. The third-order valence-corrected chi connectivity index (χ3v) is 5.20. The Labute approximate surface area is 146 Å². The maximum Gasteiger partial charge on any atom is 0.313 e. The monoisotopic (exact) mass is 364 g/mol. The number of benzene rings is 2. The second kappa shape index (κ2) is 6.86. The second-order valence-corrected chi connectivity index (χ2v) is 7.05. The summed E-state index contributed by atoms with van der Waals surface area (Å²) in [6.45, 7) is 0. The summed E-state index contributed by atoms with van der Waals surface area (Å²) in [4.78, 5) is 19.4. The van der Waals surface area contributed by atoms with Gasteiger partial charge in [-0.25, -0.2) is 4.98 Å². The fraction of sp³-hybridized carbons (Fsp3) is 0.125. The minimum absolute atomic E-state index is 0.0312. The van der Waals surface area contributed by atoms with Gasteiger partial charge in [0.15, 0.2) is 5.16 Å². The number of imidazole rings is 1. The Bertz CT molecular complexity index is 862. The first-order chi connectivity index (χ1) is 11.1. The molecule has 118 valence electrons. The molecule has 0 aliphatic rings. The van der Waals surface area contributed by atoms with E-state index in [1.54, 1.807) is 11.8 Å². The Morgan fingerprint density at radius 3 is 2.70 bits per heavy atom. The molecule has 0 saturated carbocycles. The smallest absolute Gasteiger partial charge is 0.313 e. The molecule has 0 amide bonds. The predicted octanol–water partition coefficient (Wildman–Crippen LogP) is 4.78. The number of fused-ring (bicyclic) bond motifs is 1. The predicted molar refractivity (Wildman–Crippen MR) is 96.7 cm³/mol. The SMILES string of the molecule is CSc1ccc(-c2cc3nc(SCC(=O)O)[nH]c3cc2Cl)cc1. The number of halogens is 1. The third-order valence-electron chi connectivity index (χ3n) is 3.28. The summed E-state index contributed by atoms with van der Waals surface area (Å²) in [7, 11) is 0. The molecule has 0 atom stereocenters. The highest BCUT2D eigenvalue weighted by Crippen LogP contribution is 2.33. The number of aromatic amines is 1. The maximum atomic E-state index is 10.6. The molecule has 2 N–H and O–H groups in total. The molecule has 0 bridgehead atoms. The average Bonchev–Trinajstić information content (AvgIpc) is 2.94. The number of nitrogens with one attached hydrogen (secondary N) is 1. The average molecular weight is 365 g/mol. The molecule has 0 aliphatic heterocycles. The lowest BCUT2D eigenvalue weighted by molar-refractivity contribution is -0.133. The van der Waals surface area contributed by atoms with Gasteiger partial charge < -0.3 is 10.1 Å². The molecule has 3 rings (SSSR count). The van der Waals surface area contributed by atoms with Crippen LogP contribution in [0.1, 0.15) is 0 Å². The summed E-state index contributed by atoms with van der Waals surface area (Å²) in [6.07, 6.45) is 2.04. The van der Waals surface area contributed by atoms with Crippen molar-refractivity contribution in [2.45, 2.75) is 10.1 Å². The number of nitrogens with zero attached hydrogens (tertiary/aromatic N) is 1. The van der Waals surface area contributed by atoms with E-state index in [1.165, 1.54) is 4.90 Å². The topological polar surface area (TPSA) is 66.0 Å². The molecule has 1 heterocycles. The van der Waals surface area contributed by atoms with E-state index < -0.39 is 5.97 Å². The second-order valence-electron chi connectivity index (χ2n) is 4.80. The summed E-state index contributed by atoms with van der Waals surface area (Å²) in [5.41, 5.74) is 3.50. The minimum atomic E-state index is -0.872. The van der Waals surface area contributed by atoms with E-state index in [1.807, 2.05) is 30.5 Å². The van der Waals surface area contributed by atoms with Crippen molar-refractivity contribution in [3.05, 3.63) is 41.4 Å². The molecule has 2 aromatic carbocycles. The number of carboxylic acid groups (broad SMARTS) is 1. The number of carboxylic acids is 1. The normalized spacial score (nSPS) is 11.0. The zero-order valence-corrected chi connectivity index (χ0v) is 14.6. The van der Waals surface area contributed by atoms with Crippen molar-refractivity contribution in [3.8, 4) is 11.1 Å². The standard InChI is InChI=1S/C16H13ClN2O2S2/c1-22-10-4-2-9(3-5-10)11-6-13-14(7-12(11)17)19-16(18-13)23-8-15(20)21/h2-7H,8H2,1H3,(H,18,19)(H,20,21). The van der Waals surface area contributed by atoms with Crippen LogP contribution >= 0.6 is 35.1 Å². The van der Waals surface area contributed by atoms with Gasteiger partial charge in [-0.2, -0.15) is 0 Å². The van der Waals surface area contributed by atoms with E-state index in [9.17, 15) is 4.79 Å². The highest BCUT2D eigenvalue weighted by molar-refractivity contribution is 7.99. The molecule has 0 saturated heterocycles. The molecule has 0 radical (unpaired) electrons. The van der Waals surface area contributed by atoms with Gasteiger partial charge >= 0.3 is 5.97 Å². The number of hydrogen-bond acceptors (Lipinski definition) is 4. The van der Waals surface area contributed by atoms with Gasteiger partial charge in [0.05, 0.1) is 21.8 Å². The van der Waals surface area contributed by atoms with Gasteiger partial charge in [0.2, 0.25) is 0 Å². The van der Waals surface area contributed by atoms with Crippen LogP contribution in [0.2, 0.25) is 5.02 Å². The van der Waals surface area contributed by atoms with Crippen molar-refractivity contribution in [3.63, 3.8) is 0 Å². The lowest BCUT2D eigenvalue weighted by atomic mass is 10.1. The lowest BCUT2D eigenvalue weighted by Crippen LogP contribution is -1.97. The summed E-state index contributed by atoms with van der Waals surface area (Å²) >= 11 is 9.24. The summed E-state index contributed by atoms with van der Waals surface area (Å²) in [5, 5.41) is 9.95. The fourth-order valence-electron chi connectivity index (χ4n) is 2.20. The fourth-order valence-corrected chi connectivity index (χ4v) is 3.48. The van der Waals surface area contributed by atoms with Gasteiger partial charge in [-0.3, -0.25) is 4.79 Å². The number of hydrogen-bond donors (Lipinski definition) is 2. The zero-order valence-electron chi connectivity index (χ0n) is 12.2. The molecule has 7 heteroatoms.